The maximum absolute atomic E-state index is 9.03. The third-order valence-corrected chi connectivity index (χ3v) is 5.19. The molecule has 5 rings (SSSR count). The van der Waals surface area contributed by atoms with Gasteiger partial charge in [0.05, 0.1) is 42.1 Å². The highest BCUT2D eigenvalue weighted by Gasteiger charge is 2.13. The molecule has 2 aromatic carbocycles. The highest BCUT2D eigenvalue weighted by Crippen LogP contribution is 2.26. The van der Waals surface area contributed by atoms with Gasteiger partial charge in [-0.2, -0.15) is 14.8 Å². The molecule has 0 aliphatic heterocycles. The van der Waals surface area contributed by atoms with E-state index in [1.54, 1.807) is 36.3 Å². The summed E-state index contributed by atoms with van der Waals surface area (Å²) < 4.78 is 9.28. The van der Waals surface area contributed by atoms with Gasteiger partial charge in [-0.15, -0.1) is 5.10 Å². The standard InChI is InChI=1S/C24H19N7O/c1-16-14-30(15-27-16)21-8-5-18(11-22(21)32-2)12-23-28-24-26-10-9-20(31(24)29-23)19-6-3-17(13-25)4-7-19/h3-11,14-15H,12H2,1-2H3. The molecule has 8 nitrogen and oxygen atoms in total. The van der Waals surface area contributed by atoms with E-state index in [4.69, 9.17) is 10.00 Å². The zero-order valence-corrected chi connectivity index (χ0v) is 17.6. The van der Waals surface area contributed by atoms with E-state index >= 15 is 0 Å². The van der Waals surface area contributed by atoms with E-state index in [1.807, 2.05) is 54.1 Å². The van der Waals surface area contributed by atoms with Crippen molar-refractivity contribution >= 4 is 5.78 Å². The van der Waals surface area contributed by atoms with E-state index in [1.165, 1.54) is 0 Å². The topological polar surface area (TPSA) is 93.9 Å². The molecule has 0 radical (unpaired) electrons. The van der Waals surface area contributed by atoms with Crippen LogP contribution in [0.1, 0.15) is 22.6 Å². The Bertz CT molecular complexity index is 1460. The second-order valence-electron chi connectivity index (χ2n) is 7.36. The SMILES string of the molecule is COc1cc(Cc2nc3nccc(-c4ccc(C#N)cc4)n3n2)ccc1-n1cnc(C)c1. The first-order valence-electron chi connectivity index (χ1n) is 10.0. The van der Waals surface area contributed by atoms with E-state index < -0.39 is 0 Å². The van der Waals surface area contributed by atoms with Gasteiger partial charge in [-0.1, -0.05) is 18.2 Å². The quantitative estimate of drug-likeness (QED) is 0.429. The van der Waals surface area contributed by atoms with Crippen LogP contribution in [-0.4, -0.2) is 36.2 Å². The van der Waals surface area contributed by atoms with Crippen molar-refractivity contribution in [3.63, 3.8) is 0 Å². The highest BCUT2D eigenvalue weighted by atomic mass is 16.5. The fraction of sp³-hybridized carbons (Fsp3) is 0.125. The Balaban J connectivity index is 1.47. The van der Waals surface area contributed by atoms with Crippen molar-refractivity contribution < 1.29 is 4.74 Å². The number of hydrogen-bond donors (Lipinski definition) is 0. The molecule has 0 aliphatic rings. The lowest BCUT2D eigenvalue weighted by Gasteiger charge is -2.10. The number of nitriles is 1. The predicted molar refractivity (Wildman–Crippen MR) is 119 cm³/mol. The first-order valence-corrected chi connectivity index (χ1v) is 10.0. The van der Waals surface area contributed by atoms with Gasteiger partial charge in [0.1, 0.15) is 5.75 Å². The van der Waals surface area contributed by atoms with Crippen LogP contribution in [0.4, 0.5) is 0 Å². The molecule has 0 aliphatic carbocycles. The Hall–Kier alpha value is -4.51. The number of imidazole rings is 1. The van der Waals surface area contributed by atoms with E-state index in [-0.39, 0.29) is 0 Å². The zero-order valence-electron chi connectivity index (χ0n) is 17.6. The van der Waals surface area contributed by atoms with Gasteiger partial charge in [-0.05, 0) is 42.8 Å². The summed E-state index contributed by atoms with van der Waals surface area (Å²) in [6, 6.07) is 17.4. The van der Waals surface area contributed by atoms with Crippen molar-refractivity contribution in [3.8, 4) is 28.8 Å². The summed E-state index contributed by atoms with van der Waals surface area (Å²) in [6.07, 6.45) is 5.98. The Labute approximate surface area is 184 Å². The number of nitrogens with zero attached hydrogens (tertiary/aromatic N) is 7. The second kappa shape index (κ2) is 7.96. The van der Waals surface area contributed by atoms with E-state index in [2.05, 4.69) is 26.1 Å². The summed E-state index contributed by atoms with van der Waals surface area (Å²) >= 11 is 0. The monoisotopic (exact) mass is 421 g/mol. The molecule has 0 amide bonds. The molecule has 0 bridgehead atoms. The van der Waals surface area contributed by atoms with Crippen molar-refractivity contribution in [2.75, 3.05) is 7.11 Å². The van der Waals surface area contributed by atoms with Gasteiger partial charge in [0.25, 0.3) is 5.78 Å². The minimum absolute atomic E-state index is 0.527. The average molecular weight is 421 g/mol. The highest BCUT2D eigenvalue weighted by molar-refractivity contribution is 5.62. The van der Waals surface area contributed by atoms with Gasteiger partial charge in [0, 0.05) is 24.4 Å². The summed E-state index contributed by atoms with van der Waals surface area (Å²) in [6.45, 7) is 1.95. The first-order chi connectivity index (χ1) is 15.6. The number of rotatable bonds is 5. The fourth-order valence-corrected chi connectivity index (χ4v) is 3.63. The second-order valence-corrected chi connectivity index (χ2v) is 7.36. The Morgan fingerprint density at radius 3 is 2.62 bits per heavy atom. The maximum Gasteiger partial charge on any atom is 0.252 e. The van der Waals surface area contributed by atoms with Crippen molar-refractivity contribution in [1.29, 1.82) is 5.26 Å². The summed E-state index contributed by atoms with van der Waals surface area (Å²) in [4.78, 5) is 13.2. The third kappa shape index (κ3) is 3.56. The molecule has 0 fully saturated rings. The van der Waals surface area contributed by atoms with Crippen LogP contribution in [0.15, 0.2) is 67.3 Å². The molecule has 0 spiro atoms. The van der Waals surface area contributed by atoms with Crippen LogP contribution in [0.25, 0.3) is 22.7 Å². The van der Waals surface area contributed by atoms with Crippen molar-refractivity contribution in [1.82, 2.24) is 29.1 Å². The number of aromatic nitrogens is 6. The van der Waals surface area contributed by atoms with Gasteiger partial charge in [-0.3, -0.25) is 0 Å². The molecule has 0 unspecified atom stereocenters. The first kappa shape index (κ1) is 19.5. The van der Waals surface area contributed by atoms with E-state index in [9.17, 15) is 0 Å². The summed E-state index contributed by atoms with van der Waals surface area (Å²) in [5.74, 6) is 1.94. The molecule has 32 heavy (non-hydrogen) atoms. The number of hydrogen-bond acceptors (Lipinski definition) is 6. The number of ether oxygens (including phenoxy) is 1. The molecule has 5 aromatic rings. The third-order valence-electron chi connectivity index (χ3n) is 5.19. The largest absolute Gasteiger partial charge is 0.495 e. The lowest BCUT2D eigenvalue weighted by Crippen LogP contribution is -1.99. The van der Waals surface area contributed by atoms with Gasteiger partial charge in [-0.25, -0.2) is 9.97 Å². The Kier molecular flexibility index (Phi) is 4.84. The van der Waals surface area contributed by atoms with Crippen molar-refractivity contribution in [2.45, 2.75) is 13.3 Å². The lowest BCUT2D eigenvalue weighted by atomic mass is 10.1. The summed E-state index contributed by atoms with van der Waals surface area (Å²) in [7, 11) is 1.66. The number of benzene rings is 2. The van der Waals surface area contributed by atoms with Crippen LogP contribution < -0.4 is 4.74 Å². The molecule has 0 saturated carbocycles. The molecule has 8 heteroatoms. The van der Waals surface area contributed by atoms with Crippen LogP contribution >= 0.6 is 0 Å². The van der Waals surface area contributed by atoms with Gasteiger partial charge in [0.15, 0.2) is 5.82 Å². The van der Waals surface area contributed by atoms with Crippen LogP contribution in [-0.2, 0) is 6.42 Å². The number of fused-ring (bicyclic) bond motifs is 1. The molecule has 3 aromatic heterocycles. The zero-order chi connectivity index (χ0) is 22.1. The average Bonchev–Trinajstić information content (AvgIpc) is 3.44. The molecular formula is C24H19N7O. The van der Waals surface area contributed by atoms with Crippen LogP contribution in [0.5, 0.6) is 5.75 Å². The lowest BCUT2D eigenvalue weighted by molar-refractivity contribution is 0.412. The molecule has 0 atom stereocenters. The smallest absolute Gasteiger partial charge is 0.252 e. The van der Waals surface area contributed by atoms with Gasteiger partial charge >= 0.3 is 0 Å². The molecule has 3 heterocycles. The summed E-state index contributed by atoms with van der Waals surface area (Å²) in [5.41, 5.74) is 5.30. The minimum atomic E-state index is 0.527. The van der Waals surface area contributed by atoms with Crippen LogP contribution in [0.3, 0.4) is 0 Å². The minimum Gasteiger partial charge on any atom is -0.495 e. The molecule has 0 saturated heterocycles. The van der Waals surface area contributed by atoms with E-state index in [0.29, 0.717) is 23.6 Å². The Morgan fingerprint density at radius 2 is 1.91 bits per heavy atom. The van der Waals surface area contributed by atoms with Crippen molar-refractivity contribution in [2.24, 2.45) is 0 Å². The maximum atomic E-state index is 9.03. The normalized spacial score (nSPS) is 10.9. The van der Waals surface area contributed by atoms with Gasteiger partial charge < -0.3 is 9.30 Å². The fourth-order valence-electron chi connectivity index (χ4n) is 3.63. The summed E-state index contributed by atoms with van der Waals surface area (Å²) in [5, 5.41) is 13.7. The molecular weight excluding hydrogens is 402 g/mol. The van der Waals surface area contributed by atoms with Crippen molar-refractivity contribution in [3.05, 3.63) is 89.9 Å². The predicted octanol–water partition coefficient (Wildman–Crippen LogP) is 3.76. The molecule has 156 valence electrons. The number of methoxy groups -OCH3 is 1. The molecule has 0 N–H and O–H groups in total. The van der Waals surface area contributed by atoms with E-state index in [0.717, 1.165) is 34.0 Å². The van der Waals surface area contributed by atoms with Crippen LogP contribution in [0.2, 0.25) is 0 Å². The van der Waals surface area contributed by atoms with Crippen LogP contribution in [0, 0.1) is 18.3 Å². The number of aryl methyl sites for hydroxylation is 1. The van der Waals surface area contributed by atoms with Gasteiger partial charge in [0.2, 0.25) is 0 Å². The Morgan fingerprint density at radius 1 is 1.06 bits per heavy atom.